The summed E-state index contributed by atoms with van der Waals surface area (Å²) in [6.45, 7) is 0.842. The smallest absolute Gasteiger partial charge is 0.226 e. The van der Waals surface area contributed by atoms with Crippen LogP contribution in [0.2, 0.25) is 0 Å². The summed E-state index contributed by atoms with van der Waals surface area (Å²) in [5, 5.41) is 22.6. The van der Waals surface area contributed by atoms with Crippen molar-refractivity contribution >= 4 is 11.6 Å². The van der Waals surface area contributed by atoms with Gasteiger partial charge >= 0.3 is 0 Å². The lowest BCUT2D eigenvalue weighted by Gasteiger charge is -2.33. The molecule has 1 heterocycles. The Balaban J connectivity index is 1.85. The predicted octanol–water partition coefficient (Wildman–Crippen LogP) is 1.81. The van der Waals surface area contributed by atoms with E-state index in [-0.39, 0.29) is 18.6 Å². The second kappa shape index (κ2) is 13.2. The molecule has 1 aromatic rings. The van der Waals surface area contributed by atoms with Gasteiger partial charge < -0.3 is 35.6 Å². The number of carbonyl (C=O) groups is 1. The number of aliphatic hydroxyl groups excluding tert-OH is 2. The molecule has 1 aliphatic rings. The van der Waals surface area contributed by atoms with E-state index in [1.54, 1.807) is 0 Å². The molecule has 0 bridgehead atoms. The van der Waals surface area contributed by atoms with Crippen molar-refractivity contribution in [3.8, 4) is 5.75 Å². The first-order valence-corrected chi connectivity index (χ1v) is 11.0. The third kappa shape index (κ3) is 8.77. The molecule has 1 fully saturated rings. The lowest BCUT2D eigenvalue weighted by Crippen LogP contribution is -2.43. The van der Waals surface area contributed by atoms with Gasteiger partial charge in [-0.2, -0.15) is 0 Å². The average Bonchev–Trinajstić information content (AvgIpc) is 2.76. The zero-order valence-electron chi connectivity index (χ0n) is 18.6. The summed E-state index contributed by atoms with van der Waals surface area (Å²) < 4.78 is 11.4. The number of carbonyl (C=O) groups excluding carboxylic acids is 1. The minimum absolute atomic E-state index is 0.0806. The molecule has 0 aromatic heterocycles. The first-order valence-electron chi connectivity index (χ1n) is 11.0. The molecule has 174 valence electrons. The van der Waals surface area contributed by atoms with Crippen LogP contribution in [0.1, 0.15) is 50.5 Å². The molecule has 3 atom stereocenters. The Labute approximate surface area is 185 Å². The molecule has 31 heavy (non-hydrogen) atoms. The van der Waals surface area contributed by atoms with E-state index >= 15 is 0 Å². The van der Waals surface area contributed by atoms with Gasteiger partial charge in [0.15, 0.2) is 0 Å². The molecule has 0 aliphatic carbocycles. The van der Waals surface area contributed by atoms with Crippen molar-refractivity contribution in [2.45, 2.75) is 63.4 Å². The number of primary amides is 1. The molecule has 1 amide bonds. The van der Waals surface area contributed by atoms with Crippen molar-refractivity contribution < 1.29 is 24.5 Å². The van der Waals surface area contributed by atoms with E-state index in [4.69, 9.17) is 15.2 Å². The van der Waals surface area contributed by atoms with E-state index in [0.29, 0.717) is 25.0 Å². The van der Waals surface area contributed by atoms with Crippen LogP contribution in [-0.2, 0) is 9.53 Å². The molecule has 2 unspecified atom stereocenters. The number of nitrogens with zero attached hydrogens (tertiary/aromatic N) is 1. The molecule has 1 aromatic carbocycles. The fourth-order valence-electron chi connectivity index (χ4n) is 3.51. The SMILES string of the molecule is CN/C(=C\N(C)CCCCCCC(N)=O)c1ccc(O[C@H]2OC(CO)CCC2O)cc1. The maximum atomic E-state index is 10.8. The Morgan fingerprint density at radius 1 is 1.26 bits per heavy atom. The van der Waals surface area contributed by atoms with Crippen LogP contribution in [0.4, 0.5) is 0 Å². The fraction of sp³-hybridized carbons (Fsp3) is 0.609. The summed E-state index contributed by atoms with van der Waals surface area (Å²) >= 11 is 0. The van der Waals surface area contributed by atoms with Crippen molar-refractivity contribution in [1.29, 1.82) is 0 Å². The molecular weight excluding hydrogens is 398 g/mol. The van der Waals surface area contributed by atoms with E-state index in [9.17, 15) is 15.0 Å². The standard InChI is InChI=1S/C23H37N3O5/c1-25-20(15-26(2)14-6-4-3-5-7-22(24)29)17-8-10-18(11-9-17)30-23-21(28)13-12-19(16-27)31-23/h8-11,15,19,21,23,25,27-28H,3-7,12-14,16H2,1-2H3,(H2,24,29)/b20-15-/t19?,21?,23-/m0/s1. The molecule has 0 radical (unpaired) electrons. The minimum atomic E-state index is -0.773. The van der Waals surface area contributed by atoms with Crippen molar-refractivity contribution in [2.24, 2.45) is 5.73 Å². The number of nitrogens with two attached hydrogens (primary N) is 1. The highest BCUT2D eigenvalue weighted by atomic mass is 16.7. The normalized spacial score (nSPS) is 21.5. The number of nitrogens with one attached hydrogen (secondary N) is 1. The van der Waals surface area contributed by atoms with E-state index in [1.165, 1.54) is 0 Å². The number of hydrogen-bond donors (Lipinski definition) is 4. The van der Waals surface area contributed by atoms with Crippen molar-refractivity contribution in [3.63, 3.8) is 0 Å². The monoisotopic (exact) mass is 435 g/mol. The van der Waals surface area contributed by atoms with Gasteiger partial charge in [0.2, 0.25) is 12.2 Å². The Bertz CT molecular complexity index is 695. The second-order valence-corrected chi connectivity index (χ2v) is 8.00. The molecule has 0 saturated carbocycles. The summed E-state index contributed by atoms with van der Waals surface area (Å²) in [5.74, 6) is 0.373. The summed E-state index contributed by atoms with van der Waals surface area (Å²) in [5.41, 5.74) is 7.16. The van der Waals surface area contributed by atoms with Gasteiger partial charge in [0.1, 0.15) is 11.9 Å². The molecule has 8 heteroatoms. The van der Waals surface area contributed by atoms with Gasteiger partial charge in [-0.3, -0.25) is 4.79 Å². The zero-order valence-corrected chi connectivity index (χ0v) is 18.6. The Hall–Kier alpha value is -2.29. The molecule has 8 nitrogen and oxygen atoms in total. The number of ether oxygens (including phenoxy) is 2. The molecule has 5 N–H and O–H groups in total. The maximum absolute atomic E-state index is 10.8. The topological polar surface area (TPSA) is 117 Å². The number of unbranched alkanes of at least 4 members (excludes halogenated alkanes) is 3. The minimum Gasteiger partial charge on any atom is -0.462 e. The summed E-state index contributed by atoms with van der Waals surface area (Å²) in [6, 6.07) is 7.60. The number of rotatable bonds is 13. The van der Waals surface area contributed by atoms with Gasteiger partial charge in [-0.25, -0.2) is 0 Å². The molecular formula is C23H37N3O5. The van der Waals surface area contributed by atoms with Crippen LogP contribution in [0.25, 0.3) is 5.70 Å². The Morgan fingerprint density at radius 3 is 2.61 bits per heavy atom. The van der Waals surface area contributed by atoms with Gasteiger partial charge in [-0.05, 0) is 55.5 Å². The first kappa shape index (κ1) is 25.0. The van der Waals surface area contributed by atoms with Crippen LogP contribution in [0.5, 0.6) is 5.75 Å². The lowest BCUT2D eigenvalue weighted by molar-refractivity contribution is -0.208. The fourth-order valence-corrected chi connectivity index (χ4v) is 3.51. The zero-order chi connectivity index (χ0) is 22.6. The van der Waals surface area contributed by atoms with Crippen molar-refractivity contribution in [1.82, 2.24) is 10.2 Å². The molecule has 1 saturated heterocycles. The van der Waals surface area contributed by atoms with E-state index in [0.717, 1.165) is 43.5 Å². The van der Waals surface area contributed by atoms with Crippen LogP contribution in [0.15, 0.2) is 30.5 Å². The quantitative estimate of drug-likeness (QED) is 0.349. The van der Waals surface area contributed by atoms with Crippen LogP contribution >= 0.6 is 0 Å². The van der Waals surface area contributed by atoms with E-state index < -0.39 is 12.4 Å². The summed E-state index contributed by atoms with van der Waals surface area (Å²) in [6.07, 6.45) is 5.90. The Morgan fingerprint density at radius 2 is 1.97 bits per heavy atom. The van der Waals surface area contributed by atoms with Gasteiger partial charge in [0.25, 0.3) is 0 Å². The number of hydrogen-bond acceptors (Lipinski definition) is 7. The molecule has 2 rings (SSSR count). The van der Waals surface area contributed by atoms with Crippen LogP contribution in [0.3, 0.4) is 0 Å². The van der Waals surface area contributed by atoms with Gasteiger partial charge in [-0.1, -0.05) is 12.8 Å². The van der Waals surface area contributed by atoms with Crippen LogP contribution < -0.4 is 15.8 Å². The van der Waals surface area contributed by atoms with Crippen LogP contribution in [0, 0.1) is 0 Å². The predicted molar refractivity (Wildman–Crippen MR) is 120 cm³/mol. The van der Waals surface area contributed by atoms with Gasteiger partial charge in [0.05, 0.1) is 18.4 Å². The lowest BCUT2D eigenvalue weighted by atomic mass is 10.1. The van der Waals surface area contributed by atoms with E-state index in [2.05, 4.69) is 16.4 Å². The van der Waals surface area contributed by atoms with E-state index in [1.807, 2.05) is 38.4 Å². The number of amides is 1. The average molecular weight is 436 g/mol. The molecule has 1 aliphatic heterocycles. The van der Waals surface area contributed by atoms with Gasteiger partial charge in [0, 0.05) is 33.3 Å². The largest absolute Gasteiger partial charge is 0.462 e. The highest BCUT2D eigenvalue weighted by Crippen LogP contribution is 2.24. The summed E-state index contributed by atoms with van der Waals surface area (Å²) in [4.78, 5) is 12.9. The molecule has 0 spiro atoms. The van der Waals surface area contributed by atoms with Crippen molar-refractivity contribution in [2.75, 3.05) is 27.2 Å². The summed E-state index contributed by atoms with van der Waals surface area (Å²) in [7, 11) is 3.92. The highest BCUT2D eigenvalue weighted by Gasteiger charge is 2.31. The third-order valence-corrected chi connectivity index (χ3v) is 5.35. The maximum Gasteiger partial charge on any atom is 0.226 e. The van der Waals surface area contributed by atoms with Crippen molar-refractivity contribution in [3.05, 3.63) is 36.0 Å². The first-order chi connectivity index (χ1) is 14.9. The Kier molecular flexibility index (Phi) is 10.6. The van der Waals surface area contributed by atoms with Crippen LogP contribution in [-0.4, -0.2) is 66.8 Å². The third-order valence-electron chi connectivity index (χ3n) is 5.35. The van der Waals surface area contributed by atoms with Gasteiger partial charge in [-0.15, -0.1) is 0 Å². The number of aliphatic hydroxyl groups is 2. The highest BCUT2D eigenvalue weighted by molar-refractivity contribution is 5.73. The number of benzene rings is 1. The second-order valence-electron chi connectivity index (χ2n) is 8.00.